The van der Waals surface area contributed by atoms with Gasteiger partial charge in [-0.3, -0.25) is 4.79 Å². The molecular formula is C25H33N3O6S2. The predicted octanol–water partition coefficient (Wildman–Crippen LogP) is 4.95. The number of nitrogens with zero attached hydrogens (tertiary/aromatic N) is 3. The van der Waals surface area contributed by atoms with E-state index in [9.17, 15) is 14.4 Å². The van der Waals surface area contributed by atoms with Gasteiger partial charge in [0.2, 0.25) is 0 Å². The fourth-order valence-electron chi connectivity index (χ4n) is 3.52. The Labute approximate surface area is 220 Å². The molecule has 1 aromatic heterocycles. The third kappa shape index (κ3) is 9.02. The SMILES string of the molecule is CC(=O)OCc1csc(SCC[C@@H]2CN(C(=O)OCc3ccccc3)CCN2C(=O)OC(C)(C)C)n1. The number of amides is 2. The zero-order chi connectivity index (χ0) is 26.1. The van der Waals surface area contributed by atoms with Crippen molar-refractivity contribution in [3.05, 3.63) is 47.0 Å². The van der Waals surface area contributed by atoms with Crippen molar-refractivity contribution in [1.82, 2.24) is 14.8 Å². The number of rotatable bonds is 8. The summed E-state index contributed by atoms with van der Waals surface area (Å²) in [5.74, 6) is 0.348. The number of hydrogen-bond donors (Lipinski definition) is 0. The largest absolute Gasteiger partial charge is 0.459 e. The van der Waals surface area contributed by atoms with Crippen molar-refractivity contribution in [2.75, 3.05) is 25.4 Å². The zero-order valence-corrected chi connectivity index (χ0v) is 22.7. The second-order valence-electron chi connectivity index (χ2n) is 9.34. The van der Waals surface area contributed by atoms with Gasteiger partial charge in [-0.25, -0.2) is 14.6 Å². The molecule has 0 aliphatic carbocycles. The summed E-state index contributed by atoms with van der Waals surface area (Å²) in [5.41, 5.74) is 1.02. The highest BCUT2D eigenvalue weighted by molar-refractivity contribution is 8.01. The van der Waals surface area contributed by atoms with Gasteiger partial charge in [0, 0.05) is 37.7 Å². The van der Waals surface area contributed by atoms with Crippen LogP contribution < -0.4 is 0 Å². The summed E-state index contributed by atoms with van der Waals surface area (Å²) >= 11 is 3.05. The fourth-order valence-corrected chi connectivity index (χ4v) is 5.46. The normalized spacial score (nSPS) is 15.9. The molecule has 1 aromatic carbocycles. The summed E-state index contributed by atoms with van der Waals surface area (Å²) in [7, 11) is 0. The highest BCUT2D eigenvalue weighted by atomic mass is 32.2. The minimum Gasteiger partial charge on any atom is -0.459 e. The first-order valence-corrected chi connectivity index (χ1v) is 13.6. The lowest BCUT2D eigenvalue weighted by molar-refractivity contribution is -0.142. The molecule has 0 N–H and O–H groups in total. The zero-order valence-electron chi connectivity index (χ0n) is 21.1. The van der Waals surface area contributed by atoms with Crippen LogP contribution in [0, 0.1) is 0 Å². The van der Waals surface area contributed by atoms with Gasteiger partial charge >= 0.3 is 18.2 Å². The Hall–Kier alpha value is -2.79. The summed E-state index contributed by atoms with van der Waals surface area (Å²) in [4.78, 5) is 44.5. The molecule has 1 fully saturated rings. The summed E-state index contributed by atoms with van der Waals surface area (Å²) in [6.45, 7) is 8.34. The molecule has 1 saturated heterocycles. The van der Waals surface area contributed by atoms with Crippen LogP contribution in [0.4, 0.5) is 9.59 Å². The lowest BCUT2D eigenvalue weighted by atomic mass is 10.1. The third-order valence-electron chi connectivity index (χ3n) is 5.20. The first kappa shape index (κ1) is 27.8. The number of thioether (sulfide) groups is 1. The number of esters is 1. The number of aromatic nitrogens is 1. The van der Waals surface area contributed by atoms with Crippen LogP contribution in [0.1, 0.15) is 45.4 Å². The first-order valence-electron chi connectivity index (χ1n) is 11.8. The van der Waals surface area contributed by atoms with Crippen molar-refractivity contribution in [2.45, 2.75) is 63.3 Å². The highest BCUT2D eigenvalue weighted by Gasteiger charge is 2.35. The van der Waals surface area contributed by atoms with Crippen LogP contribution in [0.3, 0.4) is 0 Å². The smallest absolute Gasteiger partial charge is 0.410 e. The lowest BCUT2D eigenvalue weighted by Gasteiger charge is -2.41. The van der Waals surface area contributed by atoms with E-state index in [1.807, 2.05) is 56.5 Å². The number of benzene rings is 1. The Morgan fingerprint density at radius 1 is 1.08 bits per heavy atom. The maximum absolute atomic E-state index is 12.9. The monoisotopic (exact) mass is 535 g/mol. The molecule has 0 spiro atoms. The third-order valence-corrected chi connectivity index (χ3v) is 7.31. The average Bonchev–Trinajstić information content (AvgIpc) is 3.28. The van der Waals surface area contributed by atoms with Gasteiger partial charge in [0.05, 0.1) is 11.7 Å². The Kier molecular flexibility index (Phi) is 10.0. The summed E-state index contributed by atoms with van der Waals surface area (Å²) in [6.07, 6.45) is -0.131. The van der Waals surface area contributed by atoms with Gasteiger partial charge in [-0.2, -0.15) is 0 Å². The minimum atomic E-state index is -0.610. The minimum absolute atomic E-state index is 0.154. The first-order chi connectivity index (χ1) is 17.1. The van der Waals surface area contributed by atoms with E-state index < -0.39 is 11.7 Å². The van der Waals surface area contributed by atoms with Crippen molar-refractivity contribution in [2.24, 2.45) is 0 Å². The van der Waals surface area contributed by atoms with Gasteiger partial charge in [-0.1, -0.05) is 42.1 Å². The van der Waals surface area contributed by atoms with E-state index in [1.165, 1.54) is 18.3 Å². The number of hydrogen-bond acceptors (Lipinski definition) is 9. The molecule has 0 saturated carbocycles. The molecule has 11 heteroatoms. The molecule has 36 heavy (non-hydrogen) atoms. The van der Waals surface area contributed by atoms with E-state index in [0.717, 1.165) is 9.90 Å². The molecular weight excluding hydrogens is 502 g/mol. The van der Waals surface area contributed by atoms with E-state index in [0.29, 0.717) is 37.5 Å². The quantitative estimate of drug-likeness (QED) is 0.266. The Bertz CT molecular complexity index is 1020. The molecule has 196 valence electrons. The molecule has 1 aliphatic rings. The number of carbonyl (C=O) groups excluding carboxylic acids is 3. The number of thiazole rings is 1. The molecule has 0 radical (unpaired) electrons. The Morgan fingerprint density at radius 2 is 1.83 bits per heavy atom. The molecule has 1 atom stereocenters. The molecule has 2 aromatic rings. The van der Waals surface area contributed by atoms with Crippen molar-refractivity contribution >= 4 is 41.3 Å². The lowest BCUT2D eigenvalue weighted by Crippen LogP contribution is -2.57. The van der Waals surface area contributed by atoms with Crippen molar-refractivity contribution in [3.8, 4) is 0 Å². The van der Waals surface area contributed by atoms with Crippen LogP contribution in [0.15, 0.2) is 40.1 Å². The van der Waals surface area contributed by atoms with E-state index >= 15 is 0 Å². The number of piperazine rings is 1. The number of ether oxygens (including phenoxy) is 3. The molecule has 3 rings (SSSR count). The highest BCUT2D eigenvalue weighted by Crippen LogP contribution is 2.26. The predicted molar refractivity (Wildman–Crippen MR) is 138 cm³/mol. The van der Waals surface area contributed by atoms with Gasteiger partial charge in [0.1, 0.15) is 23.2 Å². The van der Waals surface area contributed by atoms with Gasteiger partial charge in [0.15, 0.2) is 0 Å². The van der Waals surface area contributed by atoms with Crippen molar-refractivity contribution in [3.63, 3.8) is 0 Å². The van der Waals surface area contributed by atoms with Gasteiger partial charge < -0.3 is 24.0 Å². The molecule has 9 nitrogen and oxygen atoms in total. The maximum Gasteiger partial charge on any atom is 0.410 e. The molecule has 2 heterocycles. The van der Waals surface area contributed by atoms with Gasteiger partial charge in [0.25, 0.3) is 0 Å². The van der Waals surface area contributed by atoms with E-state index in [4.69, 9.17) is 14.2 Å². The van der Waals surface area contributed by atoms with Crippen LogP contribution in [-0.2, 0) is 32.2 Å². The summed E-state index contributed by atoms with van der Waals surface area (Å²) in [6, 6.07) is 9.31. The van der Waals surface area contributed by atoms with E-state index in [1.54, 1.807) is 21.6 Å². The van der Waals surface area contributed by atoms with Crippen LogP contribution in [0.25, 0.3) is 0 Å². The van der Waals surface area contributed by atoms with Gasteiger partial charge in [-0.05, 0) is 32.8 Å². The van der Waals surface area contributed by atoms with Crippen LogP contribution in [-0.4, -0.2) is 70.0 Å². The molecule has 0 unspecified atom stereocenters. The standard InChI is InChI=1S/C25H33N3O6S2/c1-18(29)32-16-20-17-36-22(26-20)35-13-10-21-14-27(11-12-28(21)24(31)34-25(2,3)4)23(30)33-15-19-8-6-5-7-9-19/h5-9,17,21H,10-16H2,1-4H3/t21-/m1/s1. The van der Waals surface area contributed by atoms with E-state index in [-0.39, 0.29) is 31.3 Å². The Balaban J connectivity index is 1.58. The van der Waals surface area contributed by atoms with Crippen LogP contribution >= 0.6 is 23.1 Å². The molecule has 1 aliphatic heterocycles. The topological polar surface area (TPSA) is 98.3 Å². The van der Waals surface area contributed by atoms with E-state index in [2.05, 4.69) is 4.98 Å². The number of carbonyl (C=O) groups is 3. The van der Waals surface area contributed by atoms with Crippen molar-refractivity contribution < 1.29 is 28.6 Å². The maximum atomic E-state index is 12.9. The van der Waals surface area contributed by atoms with Crippen LogP contribution in [0.5, 0.6) is 0 Å². The second-order valence-corrected chi connectivity index (χ2v) is 11.5. The second kappa shape index (κ2) is 13.0. The summed E-state index contributed by atoms with van der Waals surface area (Å²) < 4.78 is 17.0. The fraction of sp³-hybridized carbons (Fsp3) is 0.520. The van der Waals surface area contributed by atoms with Crippen LogP contribution in [0.2, 0.25) is 0 Å². The molecule has 2 amide bonds. The van der Waals surface area contributed by atoms with Crippen molar-refractivity contribution in [1.29, 1.82) is 0 Å². The van der Waals surface area contributed by atoms with Gasteiger partial charge in [-0.15, -0.1) is 11.3 Å². The average molecular weight is 536 g/mol. The Morgan fingerprint density at radius 3 is 2.53 bits per heavy atom. The summed E-state index contributed by atoms with van der Waals surface area (Å²) in [5, 5.41) is 1.86. The molecule has 0 bridgehead atoms.